The van der Waals surface area contributed by atoms with Gasteiger partial charge in [-0.15, -0.1) is 0 Å². The fraction of sp³-hybridized carbons (Fsp3) is 0.600. The maximum Gasteiger partial charge on any atom is 0.495 e. The summed E-state index contributed by atoms with van der Waals surface area (Å²) in [5.41, 5.74) is -0.192. The second kappa shape index (κ2) is 4.47. The highest BCUT2D eigenvalue weighted by molar-refractivity contribution is 6.62. The molecule has 0 atom stereocenters. The van der Waals surface area contributed by atoms with Gasteiger partial charge in [-0.3, -0.25) is 0 Å². The van der Waals surface area contributed by atoms with Gasteiger partial charge in [0.15, 0.2) is 0 Å². The van der Waals surface area contributed by atoms with E-state index >= 15 is 0 Å². The minimum Gasteiger partial charge on any atom is -0.490 e. The zero-order valence-electron chi connectivity index (χ0n) is 12.4. The molecule has 20 heavy (non-hydrogen) atoms. The van der Waals surface area contributed by atoms with E-state index in [2.05, 4.69) is 0 Å². The molecule has 108 valence electrons. The summed E-state index contributed by atoms with van der Waals surface area (Å²) in [5.74, 6) is 0.227. The SMILES string of the molecule is CC1(C)OB(c2cc(F)cc(OC3CC3)c2)OC1(C)C. The van der Waals surface area contributed by atoms with Gasteiger partial charge >= 0.3 is 7.12 Å². The minimum atomic E-state index is -0.558. The zero-order valence-corrected chi connectivity index (χ0v) is 12.4. The maximum absolute atomic E-state index is 13.7. The first kappa shape index (κ1) is 13.9. The van der Waals surface area contributed by atoms with Crippen LogP contribution in [0.4, 0.5) is 4.39 Å². The van der Waals surface area contributed by atoms with E-state index in [0.29, 0.717) is 11.2 Å². The highest BCUT2D eigenvalue weighted by Crippen LogP contribution is 2.37. The van der Waals surface area contributed by atoms with Gasteiger partial charge in [-0.05, 0) is 58.1 Å². The molecule has 3 rings (SSSR count). The number of hydrogen-bond acceptors (Lipinski definition) is 3. The van der Waals surface area contributed by atoms with Crippen LogP contribution in [0.3, 0.4) is 0 Å². The molecule has 3 nitrogen and oxygen atoms in total. The zero-order chi connectivity index (χ0) is 14.5. The molecule has 0 radical (unpaired) electrons. The molecule has 5 heteroatoms. The molecule has 1 aromatic rings. The predicted molar refractivity (Wildman–Crippen MR) is 75.8 cm³/mol. The van der Waals surface area contributed by atoms with Gasteiger partial charge in [0, 0.05) is 6.07 Å². The molecule has 2 aliphatic rings. The van der Waals surface area contributed by atoms with Crippen LogP contribution in [0.25, 0.3) is 0 Å². The van der Waals surface area contributed by atoms with Crippen LogP contribution < -0.4 is 10.2 Å². The lowest BCUT2D eigenvalue weighted by Gasteiger charge is -2.32. The maximum atomic E-state index is 13.7. The van der Waals surface area contributed by atoms with Crippen molar-refractivity contribution in [2.75, 3.05) is 0 Å². The van der Waals surface area contributed by atoms with Gasteiger partial charge in [0.25, 0.3) is 0 Å². The average molecular weight is 278 g/mol. The Balaban J connectivity index is 1.85. The van der Waals surface area contributed by atoms with Gasteiger partial charge in [-0.25, -0.2) is 4.39 Å². The van der Waals surface area contributed by atoms with Crippen molar-refractivity contribution in [3.63, 3.8) is 0 Å². The van der Waals surface area contributed by atoms with E-state index in [1.807, 2.05) is 33.8 Å². The summed E-state index contributed by atoms with van der Waals surface area (Å²) in [6.07, 6.45) is 2.33. The highest BCUT2D eigenvalue weighted by Gasteiger charge is 2.51. The Labute approximate surface area is 119 Å². The topological polar surface area (TPSA) is 27.7 Å². The smallest absolute Gasteiger partial charge is 0.490 e. The van der Waals surface area contributed by atoms with Crippen LogP contribution in [0, 0.1) is 5.82 Å². The number of rotatable bonds is 3. The molecular weight excluding hydrogens is 258 g/mol. The Kier molecular flexibility index (Phi) is 3.10. The van der Waals surface area contributed by atoms with Crippen LogP contribution in [0.5, 0.6) is 5.75 Å². The molecule has 1 heterocycles. The summed E-state index contributed by atoms with van der Waals surface area (Å²) in [4.78, 5) is 0. The third-order valence-electron chi connectivity index (χ3n) is 4.25. The minimum absolute atomic E-state index is 0.239. The Morgan fingerprint density at radius 3 is 2.25 bits per heavy atom. The number of hydrogen-bond donors (Lipinski definition) is 0. The molecule has 0 bridgehead atoms. The van der Waals surface area contributed by atoms with E-state index < -0.39 is 18.3 Å². The quantitative estimate of drug-likeness (QED) is 0.795. The summed E-state index contributed by atoms with van der Waals surface area (Å²) >= 11 is 0. The lowest BCUT2D eigenvalue weighted by molar-refractivity contribution is 0.00578. The van der Waals surface area contributed by atoms with Crippen molar-refractivity contribution in [3.05, 3.63) is 24.0 Å². The van der Waals surface area contributed by atoms with Crippen molar-refractivity contribution >= 4 is 12.6 Å². The van der Waals surface area contributed by atoms with Crippen molar-refractivity contribution in [1.82, 2.24) is 0 Å². The summed E-state index contributed by atoms with van der Waals surface area (Å²) < 4.78 is 31.3. The Morgan fingerprint density at radius 2 is 1.70 bits per heavy atom. The molecule has 0 aromatic heterocycles. The summed E-state index contributed by atoms with van der Waals surface area (Å²) in [6.45, 7) is 7.92. The number of halogens is 1. The van der Waals surface area contributed by atoms with E-state index in [1.54, 1.807) is 0 Å². The van der Waals surface area contributed by atoms with Crippen LogP contribution in [0.1, 0.15) is 40.5 Å². The summed E-state index contributed by atoms with van der Waals surface area (Å²) in [5, 5.41) is 0. The van der Waals surface area contributed by atoms with Gasteiger partial charge in [-0.2, -0.15) is 0 Å². The Hall–Kier alpha value is -1.07. The van der Waals surface area contributed by atoms with Crippen LogP contribution in [-0.4, -0.2) is 24.4 Å². The van der Waals surface area contributed by atoms with E-state index in [-0.39, 0.29) is 11.9 Å². The molecule has 1 aliphatic carbocycles. The van der Waals surface area contributed by atoms with Crippen LogP contribution in [0.2, 0.25) is 0 Å². The van der Waals surface area contributed by atoms with Gasteiger partial charge in [0.1, 0.15) is 11.6 Å². The normalized spacial score (nSPS) is 23.9. The molecule has 0 N–H and O–H groups in total. The van der Waals surface area contributed by atoms with Gasteiger partial charge in [0.2, 0.25) is 0 Å². The fourth-order valence-electron chi connectivity index (χ4n) is 2.15. The molecule has 1 saturated heterocycles. The molecule has 1 aliphatic heterocycles. The molecule has 2 fully saturated rings. The second-order valence-electron chi connectivity index (χ2n) is 6.63. The lowest BCUT2D eigenvalue weighted by Crippen LogP contribution is -2.41. The van der Waals surface area contributed by atoms with Crippen molar-refractivity contribution < 1.29 is 18.4 Å². The lowest BCUT2D eigenvalue weighted by atomic mass is 9.79. The van der Waals surface area contributed by atoms with Gasteiger partial charge in [-0.1, -0.05) is 0 Å². The van der Waals surface area contributed by atoms with E-state index in [4.69, 9.17) is 14.0 Å². The fourth-order valence-corrected chi connectivity index (χ4v) is 2.15. The van der Waals surface area contributed by atoms with Crippen molar-refractivity contribution in [2.45, 2.75) is 57.8 Å². The molecule has 1 aromatic carbocycles. The Morgan fingerprint density at radius 1 is 1.10 bits per heavy atom. The van der Waals surface area contributed by atoms with Crippen molar-refractivity contribution in [2.24, 2.45) is 0 Å². The van der Waals surface area contributed by atoms with Gasteiger partial charge < -0.3 is 14.0 Å². The Bertz CT molecular complexity index is 510. The van der Waals surface area contributed by atoms with Crippen LogP contribution >= 0.6 is 0 Å². The van der Waals surface area contributed by atoms with E-state index in [9.17, 15) is 4.39 Å². The van der Waals surface area contributed by atoms with E-state index in [0.717, 1.165) is 12.8 Å². The van der Waals surface area contributed by atoms with E-state index in [1.165, 1.54) is 12.1 Å². The average Bonchev–Trinajstić information content (AvgIpc) is 3.06. The first-order valence-electron chi connectivity index (χ1n) is 7.10. The highest BCUT2D eigenvalue weighted by atomic mass is 19.1. The van der Waals surface area contributed by atoms with Crippen LogP contribution in [0.15, 0.2) is 18.2 Å². The first-order valence-corrected chi connectivity index (χ1v) is 7.10. The summed E-state index contributed by atoms with van der Waals surface area (Å²) in [7, 11) is -0.558. The molecule has 0 spiro atoms. The molecule has 0 unspecified atom stereocenters. The van der Waals surface area contributed by atoms with Crippen molar-refractivity contribution in [3.8, 4) is 5.75 Å². The first-order chi connectivity index (χ1) is 9.27. The summed E-state index contributed by atoms with van der Waals surface area (Å²) in [6, 6.07) is 4.67. The standard InChI is InChI=1S/C15H20BFO3/c1-14(2)15(3,4)20-16(19-14)10-7-11(17)9-13(8-10)18-12-5-6-12/h7-9,12H,5-6H2,1-4H3. The van der Waals surface area contributed by atoms with Crippen LogP contribution in [-0.2, 0) is 9.31 Å². The second-order valence-corrected chi connectivity index (χ2v) is 6.63. The molecular formula is C15H20BFO3. The number of ether oxygens (including phenoxy) is 1. The van der Waals surface area contributed by atoms with Crippen molar-refractivity contribution in [1.29, 1.82) is 0 Å². The largest absolute Gasteiger partial charge is 0.495 e. The monoisotopic (exact) mass is 278 g/mol. The van der Waals surface area contributed by atoms with Gasteiger partial charge in [0.05, 0.1) is 17.3 Å². The number of benzene rings is 1. The third-order valence-corrected chi connectivity index (χ3v) is 4.25. The molecule has 0 amide bonds. The molecule has 1 saturated carbocycles. The predicted octanol–water partition coefficient (Wildman–Crippen LogP) is 2.67. The third kappa shape index (κ3) is 2.57.